The minimum atomic E-state index is 0. The molecule has 2 radical (unpaired) electrons. The van der Waals surface area contributed by atoms with E-state index in [1.54, 1.807) is 0 Å². The second kappa shape index (κ2) is 4.22. The summed E-state index contributed by atoms with van der Waals surface area (Å²) in [5, 5.41) is 0. The fourth-order valence-corrected chi connectivity index (χ4v) is 0.393. The topological polar surface area (TPSA) is 0 Å². The predicted octanol–water partition coefficient (Wildman–Crippen LogP) is 1.12. The van der Waals surface area contributed by atoms with Crippen molar-refractivity contribution in [3.05, 3.63) is 24.3 Å². The van der Waals surface area contributed by atoms with Gasteiger partial charge in [0.2, 0.25) is 0 Å². The van der Waals surface area contributed by atoms with Crippen LogP contribution in [0.25, 0.3) is 0 Å². The van der Waals surface area contributed by atoms with E-state index in [1.165, 1.54) is 0 Å². The predicted molar refractivity (Wildman–Crippen MR) is 28.7 cm³/mol. The van der Waals surface area contributed by atoms with Crippen LogP contribution in [0.15, 0.2) is 24.3 Å². The van der Waals surface area contributed by atoms with Crippen LogP contribution in [0.1, 0.15) is 6.42 Å². The van der Waals surface area contributed by atoms with Crippen LogP contribution in [0.4, 0.5) is 0 Å². The van der Waals surface area contributed by atoms with Crippen LogP contribution in [0.5, 0.6) is 0 Å². The summed E-state index contributed by atoms with van der Waals surface area (Å²) in [5.41, 5.74) is 0. The van der Waals surface area contributed by atoms with Gasteiger partial charge < -0.3 is 0 Å². The summed E-state index contributed by atoms with van der Waals surface area (Å²) in [4.78, 5) is 0. The van der Waals surface area contributed by atoms with Gasteiger partial charge in [-0.3, -0.25) is 0 Å². The Morgan fingerprint density at radius 1 is 1.00 bits per heavy atom. The zero-order valence-corrected chi connectivity index (χ0v) is 8.16. The van der Waals surface area contributed by atoms with Crippen molar-refractivity contribution in [2.45, 2.75) is 6.42 Å². The molecule has 0 bridgehead atoms. The maximum atomic E-state index is 2.12. The second-order valence-corrected chi connectivity index (χ2v) is 1.09. The second-order valence-electron chi connectivity index (χ2n) is 1.09. The van der Waals surface area contributed by atoms with Crippen LogP contribution in [-0.2, 0) is 0 Å². The van der Waals surface area contributed by atoms with E-state index in [4.69, 9.17) is 0 Å². The molecule has 1 aliphatic carbocycles. The zero-order valence-electron chi connectivity index (χ0n) is 3.72. The largest absolute Gasteiger partial charge is 0.0808 e. The summed E-state index contributed by atoms with van der Waals surface area (Å²) in [6.07, 6.45) is 9.50. The van der Waals surface area contributed by atoms with Crippen molar-refractivity contribution in [3.8, 4) is 0 Å². The maximum absolute atomic E-state index is 2.12. The summed E-state index contributed by atoms with van der Waals surface area (Å²) < 4.78 is 0. The third-order valence-corrected chi connectivity index (χ3v) is 0.655. The van der Waals surface area contributed by atoms with Gasteiger partial charge in [-0.25, -0.2) is 0 Å². The van der Waals surface area contributed by atoms with Crippen LogP contribution in [0, 0.1) is 0 Å². The molecule has 0 aromatic heterocycles. The van der Waals surface area contributed by atoms with Crippen molar-refractivity contribution >= 4 is 48.9 Å². The summed E-state index contributed by atoms with van der Waals surface area (Å²) in [6, 6.07) is 0. The molecule has 6 heavy (non-hydrogen) atoms. The molecule has 1 aliphatic rings. The Hall–Kier alpha value is 1.05. The van der Waals surface area contributed by atoms with Gasteiger partial charge in [0, 0.05) is 48.9 Å². The van der Waals surface area contributed by atoms with E-state index in [2.05, 4.69) is 24.3 Å². The summed E-state index contributed by atoms with van der Waals surface area (Å²) >= 11 is 0. The Labute approximate surface area is 78.4 Å². The van der Waals surface area contributed by atoms with Crippen LogP contribution in [-0.4, -0.2) is 48.9 Å². The van der Waals surface area contributed by atoms with Crippen molar-refractivity contribution in [3.63, 3.8) is 0 Å². The summed E-state index contributed by atoms with van der Waals surface area (Å²) in [5.74, 6) is 0. The first kappa shape index (κ1) is 7.05. The molecule has 28 valence electrons. The molecule has 0 aliphatic heterocycles. The first-order chi connectivity index (χ1) is 2.50. The molecule has 0 atom stereocenters. The van der Waals surface area contributed by atoms with Crippen molar-refractivity contribution < 1.29 is 0 Å². The van der Waals surface area contributed by atoms with Crippen LogP contribution in [0.3, 0.4) is 0 Å². The van der Waals surface area contributed by atoms with Gasteiger partial charge in [-0.05, 0) is 6.42 Å². The van der Waals surface area contributed by atoms with E-state index in [0.717, 1.165) is 6.42 Å². The Morgan fingerprint density at radius 2 is 1.50 bits per heavy atom. The fourth-order valence-electron chi connectivity index (χ4n) is 0.393. The molecule has 0 N–H and O–H groups in total. The van der Waals surface area contributed by atoms with Gasteiger partial charge in [0.25, 0.3) is 0 Å². The van der Waals surface area contributed by atoms with Crippen molar-refractivity contribution in [2.75, 3.05) is 0 Å². The molecule has 0 nitrogen and oxygen atoms in total. The smallest absolute Gasteiger partial charge is 0 e. The van der Waals surface area contributed by atoms with E-state index >= 15 is 0 Å². The molecule has 0 aromatic rings. The molecule has 1 heteroatoms. The SMILES string of the molecule is C1=CCC=C1.[Ba]. The van der Waals surface area contributed by atoms with Crippen LogP contribution < -0.4 is 0 Å². The Bertz CT molecular complexity index is 62.0. The molecule has 0 fully saturated rings. The number of hydrogen-bond acceptors (Lipinski definition) is 0. The van der Waals surface area contributed by atoms with Crippen molar-refractivity contribution in [1.82, 2.24) is 0 Å². The molecule has 0 heterocycles. The van der Waals surface area contributed by atoms with Crippen molar-refractivity contribution in [1.29, 1.82) is 0 Å². The molecule has 0 spiro atoms. The van der Waals surface area contributed by atoms with Gasteiger partial charge in [-0.1, -0.05) is 24.3 Å². The zero-order chi connectivity index (χ0) is 3.54. The van der Waals surface area contributed by atoms with E-state index in [9.17, 15) is 0 Å². The molecule has 0 saturated carbocycles. The van der Waals surface area contributed by atoms with Gasteiger partial charge in [-0.2, -0.15) is 0 Å². The molecular formula is C5H6Ba. The average Bonchev–Trinajstić information content (AvgIpc) is 1.76. The first-order valence-corrected chi connectivity index (χ1v) is 1.82. The van der Waals surface area contributed by atoms with E-state index in [-0.39, 0.29) is 48.9 Å². The minimum Gasteiger partial charge on any atom is -0.0808 e. The van der Waals surface area contributed by atoms with E-state index < -0.39 is 0 Å². The average molecular weight is 203 g/mol. The third kappa shape index (κ3) is 2.26. The van der Waals surface area contributed by atoms with Crippen LogP contribution in [0.2, 0.25) is 0 Å². The molecule has 1 rings (SSSR count). The summed E-state index contributed by atoms with van der Waals surface area (Å²) in [6.45, 7) is 0. The Balaban J connectivity index is 0.000000250. The minimum absolute atomic E-state index is 0. The Morgan fingerprint density at radius 3 is 1.67 bits per heavy atom. The first-order valence-electron chi connectivity index (χ1n) is 1.82. The third-order valence-electron chi connectivity index (χ3n) is 0.655. The molecule has 0 unspecified atom stereocenters. The quantitative estimate of drug-likeness (QED) is 0.518. The van der Waals surface area contributed by atoms with Gasteiger partial charge in [-0.15, -0.1) is 0 Å². The van der Waals surface area contributed by atoms with E-state index in [0.29, 0.717) is 0 Å². The van der Waals surface area contributed by atoms with Gasteiger partial charge in [0.1, 0.15) is 0 Å². The fraction of sp³-hybridized carbons (Fsp3) is 0.200. The standard InChI is InChI=1S/C5H6.Ba/c1-2-4-5-3-1;/h1-4H,5H2;. The molecule has 0 amide bonds. The molecular weight excluding hydrogens is 197 g/mol. The van der Waals surface area contributed by atoms with Crippen molar-refractivity contribution in [2.24, 2.45) is 0 Å². The van der Waals surface area contributed by atoms with Gasteiger partial charge >= 0.3 is 0 Å². The number of hydrogen-bond donors (Lipinski definition) is 0. The normalized spacial score (nSPS) is 14.7. The van der Waals surface area contributed by atoms with Crippen LogP contribution >= 0.6 is 0 Å². The maximum Gasteiger partial charge on any atom is 0 e. The Kier molecular flexibility index (Phi) is 4.96. The van der Waals surface area contributed by atoms with Gasteiger partial charge in [0.05, 0.1) is 0 Å². The van der Waals surface area contributed by atoms with Gasteiger partial charge in [0.15, 0.2) is 0 Å². The van der Waals surface area contributed by atoms with E-state index in [1.807, 2.05) is 0 Å². The molecule has 0 aromatic carbocycles. The number of rotatable bonds is 0. The number of allylic oxidation sites excluding steroid dienone is 4. The monoisotopic (exact) mass is 204 g/mol. The molecule has 0 saturated heterocycles. The summed E-state index contributed by atoms with van der Waals surface area (Å²) in [7, 11) is 0.